The Morgan fingerprint density at radius 1 is 1.26 bits per heavy atom. The van der Waals surface area contributed by atoms with Gasteiger partial charge in [0.05, 0.1) is 6.10 Å². The lowest BCUT2D eigenvalue weighted by Crippen LogP contribution is -2.49. The van der Waals surface area contributed by atoms with Gasteiger partial charge < -0.3 is 20.8 Å². The number of aliphatic hydroxyl groups excluding tert-OH is 1. The van der Waals surface area contributed by atoms with E-state index in [9.17, 15) is 18.4 Å². The second-order valence-corrected chi connectivity index (χ2v) is 3.75. The maximum atomic E-state index is 13.2. The van der Waals surface area contributed by atoms with Crippen molar-refractivity contribution in [1.29, 1.82) is 0 Å². The third kappa shape index (κ3) is 3.88. The van der Waals surface area contributed by atoms with Gasteiger partial charge in [0.15, 0.2) is 6.04 Å². The largest absolute Gasteiger partial charge is 0.480 e. The number of carbonyl (C=O) groups excluding carboxylic acids is 1. The molecule has 4 N–H and O–H groups in total. The molecule has 0 aliphatic heterocycles. The number of para-hydroxylation sites is 1. The summed E-state index contributed by atoms with van der Waals surface area (Å²) < 4.78 is 26.4. The summed E-state index contributed by atoms with van der Waals surface area (Å²) in [5.74, 6) is -3.47. The predicted octanol–water partition coefficient (Wildman–Crippen LogP) is 0.920. The molecule has 2 amide bonds. The van der Waals surface area contributed by atoms with Crippen molar-refractivity contribution in [3.8, 4) is 0 Å². The van der Waals surface area contributed by atoms with Crippen LogP contribution in [0.25, 0.3) is 0 Å². The Balaban J connectivity index is 2.78. The summed E-state index contributed by atoms with van der Waals surface area (Å²) in [5, 5.41) is 21.6. The van der Waals surface area contributed by atoms with Crippen LogP contribution in [-0.2, 0) is 4.79 Å². The van der Waals surface area contributed by atoms with E-state index in [1.807, 2.05) is 10.6 Å². The number of benzene rings is 1. The first-order valence-corrected chi connectivity index (χ1v) is 5.25. The third-order valence-electron chi connectivity index (χ3n) is 2.24. The van der Waals surface area contributed by atoms with Crippen LogP contribution in [0.3, 0.4) is 0 Å². The smallest absolute Gasteiger partial charge is 0.328 e. The van der Waals surface area contributed by atoms with E-state index in [2.05, 4.69) is 0 Å². The molecule has 2 unspecified atom stereocenters. The number of carboxylic acids is 1. The molecule has 1 aromatic rings. The molecule has 19 heavy (non-hydrogen) atoms. The Morgan fingerprint density at radius 3 is 2.21 bits per heavy atom. The molecule has 8 heteroatoms. The van der Waals surface area contributed by atoms with Crippen molar-refractivity contribution in [3.05, 3.63) is 29.8 Å². The summed E-state index contributed by atoms with van der Waals surface area (Å²) in [6.45, 7) is 1.16. The van der Waals surface area contributed by atoms with E-state index in [1.54, 1.807) is 0 Å². The summed E-state index contributed by atoms with van der Waals surface area (Å²) in [6, 6.07) is 0.250. The number of carbonyl (C=O) groups is 2. The van der Waals surface area contributed by atoms with Gasteiger partial charge in [-0.15, -0.1) is 0 Å². The number of carboxylic acid groups (broad SMARTS) is 1. The van der Waals surface area contributed by atoms with Crippen LogP contribution in [0.5, 0.6) is 0 Å². The molecule has 2 atom stereocenters. The average Bonchev–Trinajstić information content (AvgIpc) is 2.30. The van der Waals surface area contributed by atoms with Gasteiger partial charge in [0.25, 0.3) is 0 Å². The van der Waals surface area contributed by atoms with Crippen LogP contribution in [0.1, 0.15) is 6.92 Å². The van der Waals surface area contributed by atoms with Crippen LogP contribution in [0.15, 0.2) is 18.2 Å². The number of rotatable bonds is 4. The molecule has 0 aromatic heterocycles. The normalized spacial score (nSPS) is 13.5. The SMILES string of the molecule is CC(O)C(NC(=O)Nc1c(F)cccc1F)C(=O)O. The minimum absolute atomic E-state index is 0.699. The molecular weight excluding hydrogens is 262 g/mol. The van der Waals surface area contributed by atoms with Gasteiger partial charge >= 0.3 is 12.0 Å². The Bertz CT molecular complexity index is 473. The molecule has 0 heterocycles. The maximum absolute atomic E-state index is 13.2. The summed E-state index contributed by atoms with van der Waals surface area (Å²) in [6.07, 6.45) is -1.37. The van der Waals surface area contributed by atoms with Gasteiger partial charge in [0.2, 0.25) is 0 Å². The van der Waals surface area contributed by atoms with Crippen molar-refractivity contribution in [2.75, 3.05) is 5.32 Å². The number of aliphatic hydroxyl groups is 1. The number of hydrogen-bond acceptors (Lipinski definition) is 3. The monoisotopic (exact) mass is 274 g/mol. The quantitative estimate of drug-likeness (QED) is 0.656. The minimum atomic E-state index is -1.59. The second-order valence-electron chi connectivity index (χ2n) is 3.75. The van der Waals surface area contributed by atoms with Crippen molar-refractivity contribution < 1.29 is 28.6 Å². The topological polar surface area (TPSA) is 98.7 Å². The number of anilines is 1. The highest BCUT2D eigenvalue weighted by molar-refractivity contribution is 5.92. The molecule has 1 rings (SSSR count). The maximum Gasteiger partial charge on any atom is 0.328 e. The van der Waals surface area contributed by atoms with Crippen molar-refractivity contribution >= 4 is 17.7 Å². The lowest BCUT2D eigenvalue weighted by atomic mass is 10.2. The molecular formula is C11H12F2N2O4. The molecule has 0 bridgehead atoms. The fourth-order valence-electron chi connectivity index (χ4n) is 1.30. The Kier molecular flexibility index (Phi) is 4.76. The minimum Gasteiger partial charge on any atom is -0.480 e. The zero-order valence-electron chi connectivity index (χ0n) is 9.85. The van der Waals surface area contributed by atoms with Gasteiger partial charge in [0.1, 0.15) is 17.3 Å². The second kappa shape index (κ2) is 6.10. The standard InChI is InChI=1S/C11H12F2N2O4/c1-5(16)8(10(17)18)14-11(19)15-9-6(12)3-2-4-7(9)13/h2-5,8,16H,1H3,(H,17,18)(H2,14,15,19). The third-order valence-corrected chi connectivity index (χ3v) is 2.24. The fourth-order valence-corrected chi connectivity index (χ4v) is 1.30. The summed E-state index contributed by atoms with van der Waals surface area (Å²) in [7, 11) is 0. The predicted molar refractivity (Wildman–Crippen MR) is 61.6 cm³/mol. The van der Waals surface area contributed by atoms with E-state index >= 15 is 0 Å². The lowest BCUT2D eigenvalue weighted by Gasteiger charge is -2.17. The zero-order valence-corrected chi connectivity index (χ0v) is 9.85. The van der Waals surface area contributed by atoms with E-state index in [-0.39, 0.29) is 0 Å². The Labute approximate surface area is 107 Å². The van der Waals surface area contributed by atoms with Crippen molar-refractivity contribution in [3.63, 3.8) is 0 Å². The first-order valence-electron chi connectivity index (χ1n) is 5.25. The van der Waals surface area contributed by atoms with Crippen LogP contribution in [0, 0.1) is 11.6 Å². The van der Waals surface area contributed by atoms with Crippen molar-refractivity contribution in [1.82, 2.24) is 5.32 Å². The molecule has 6 nitrogen and oxygen atoms in total. The summed E-state index contributed by atoms with van der Waals surface area (Å²) in [4.78, 5) is 22.1. The van der Waals surface area contributed by atoms with E-state index in [4.69, 9.17) is 10.2 Å². The first kappa shape index (κ1) is 14.8. The molecule has 0 aliphatic carbocycles. The molecule has 0 spiro atoms. The van der Waals surface area contributed by atoms with E-state index in [0.29, 0.717) is 0 Å². The highest BCUT2D eigenvalue weighted by atomic mass is 19.1. The number of amides is 2. The van der Waals surface area contributed by atoms with Gasteiger partial charge in [-0.1, -0.05) is 6.07 Å². The van der Waals surface area contributed by atoms with Crippen LogP contribution in [0.4, 0.5) is 19.3 Å². The van der Waals surface area contributed by atoms with Gasteiger partial charge in [-0.2, -0.15) is 0 Å². The van der Waals surface area contributed by atoms with Crippen LogP contribution in [-0.4, -0.2) is 34.4 Å². The molecule has 0 radical (unpaired) electrons. The molecule has 104 valence electrons. The molecule has 0 saturated carbocycles. The van der Waals surface area contributed by atoms with Gasteiger partial charge in [-0.25, -0.2) is 18.4 Å². The van der Waals surface area contributed by atoms with Gasteiger partial charge in [0, 0.05) is 0 Å². The number of aliphatic carboxylic acids is 1. The highest BCUT2D eigenvalue weighted by Gasteiger charge is 2.25. The molecule has 1 aromatic carbocycles. The number of halogens is 2. The number of urea groups is 1. The number of hydrogen-bond donors (Lipinski definition) is 4. The molecule has 0 fully saturated rings. The Hall–Kier alpha value is -2.22. The van der Waals surface area contributed by atoms with Crippen molar-refractivity contribution in [2.24, 2.45) is 0 Å². The van der Waals surface area contributed by atoms with E-state index in [0.717, 1.165) is 25.1 Å². The van der Waals surface area contributed by atoms with Crippen LogP contribution >= 0.6 is 0 Å². The summed E-state index contributed by atoms with van der Waals surface area (Å²) in [5.41, 5.74) is -0.699. The van der Waals surface area contributed by atoms with E-state index < -0.39 is 41.5 Å². The zero-order chi connectivity index (χ0) is 14.6. The summed E-state index contributed by atoms with van der Waals surface area (Å²) >= 11 is 0. The molecule has 0 saturated heterocycles. The van der Waals surface area contributed by atoms with Crippen LogP contribution < -0.4 is 10.6 Å². The first-order chi connectivity index (χ1) is 8.82. The Morgan fingerprint density at radius 2 is 1.79 bits per heavy atom. The van der Waals surface area contributed by atoms with Crippen LogP contribution in [0.2, 0.25) is 0 Å². The number of nitrogens with one attached hydrogen (secondary N) is 2. The average molecular weight is 274 g/mol. The van der Waals surface area contributed by atoms with Crippen molar-refractivity contribution in [2.45, 2.75) is 19.1 Å². The highest BCUT2D eigenvalue weighted by Crippen LogP contribution is 2.17. The lowest BCUT2D eigenvalue weighted by molar-refractivity contribution is -0.141. The van der Waals surface area contributed by atoms with Gasteiger partial charge in [-0.3, -0.25) is 0 Å². The van der Waals surface area contributed by atoms with E-state index in [1.165, 1.54) is 0 Å². The van der Waals surface area contributed by atoms with Gasteiger partial charge in [-0.05, 0) is 19.1 Å². The molecule has 0 aliphatic rings. The fraction of sp³-hybridized carbons (Fsp3) is 0.273.